The summed E-state index contributed by atoms with van der Waals surface area (Å²) in [5.74, 6) is -1.98. The van der Waals surface area contributed by atoms with Crippen LogP contribution in [-0.2, 0) is 0 Å². The molecule has 0 radical (unpaired) electrons. The summed E-state index contributed by atoms with van der Waals surface area (Å²) in [4.78, 5) is 21.0. The average Bonchev–Trinajstić information content (AvgIpc) is 2.30. The van der Waals surface area contributed by atoms with Gasteiger partial charge in [-0.15, -0.1) is 11.3 Å². The zero-order valence-electron chi connectivity index (χ0n) is 6.20. The van der Waals surface area contributed by atoms with Crippen molar-refractivity contribution in [1.29, 1.82) is 0 Å². The van der Waals surface area contributed by atoms with Gasteiger partial charge >= 0.3 is 5.97 Å². The third-order valence-electron chi connectivity index (χ3n) is 1.34. The van der Waals surface area contributed by atoms with Crippen LogP contribution in [0.4, 0.5) is 0 Å². The van der Waals surface area contributed by atoms with Crippen LogP contribution in [-0.4, -0.2) is 22.0 Å². The number of ketones is 1. The first-order valence-corrected chi connectivity index (χ1v) is 3.96. The van der Waals surface area contributed by atoms with Crippen molar-refractivity contribution < 1.29 is 19.8 Å². The lowest BCUT2D eigenvalue weighted by Gasteiger charge is -1.91. The standard InChI is InChI=1S/C7H6O4S/c1-3(8)4-2-12-6(5(4)9)7(10)11/h2,9H,1H3,(H,10,11). The summed E-state index contributed by atoms with van der Waals surface area (Å²) in [5.41, 5.74) is 0.0670. The minimum atomic E-state index is -1.22. The van der Waals surface area contributed by atoms with Gasteiger partial charge in [-0.3, -0.25) is 4.79 Å². The average molecular weight is 186 g/mol. The second kappa shape index (κ2) is 2.94. The Kier molecular flexibility index (Phi) is 2.14. The molecular formula is C7H6O4S. The molecule has 1 aromatic rings. The zero-order valence-corrected chi connectivity index (χ0v) is 7.01. The molecule has 1 heterocycles. The summed E-state index contributed by atoms with van der Waals surface area (Å²) in [5, 5.41) is 19.0. The highest BCUT2D eigenvalue weighted by molar-refractivity contribution is 7.12. The van der Waals surface area contributed by atoms with Gasteiger partial charge in [0.05, 0.1) is 5.56 Å². The highest BCUT2D eigenvalue weighted by Crippen LogP contribution is 2.29. The van der Waals surface area contributed by atoms with Gasteiger partial charge in [-0.05, 0) is 6.92 Å². The minimum absolute atomic E-state index is 0.0670. The molecule has 0 atom stereocenters. The number of carboxylic acids is 1. The van der Waals surface area contributed by atoms with Crippen LogP contribution in [0.1, 0.15) is 27.0 Å². The van der Waals surface area contributed by atoms with E-state index in [2.05, 4.69) is 0 Å². The molecule has 0 amide bonds. The number of thiophene rings is 1. The molecule has 64 valence electrons. The van der Waals surface area contributed by atoms with E-state index in [4.69, 9.17) is 5.11 Å². The van der Waals surface area contributed by atoms with Crippen molar-refractivity contribution in [3.63, 3.8) is 0 Å². The zero-order chi connectivity index (χ0) is 9.30. The molecule has 12 heavy (non-hydrogen) atoms. The number of aromatic carboxylic acids is 1. The maximum atomic E-state index is 10.8. The van der Waals surface area contributed by atoms with Crippen LogP contribution in [0.25, 0.3) is 0 Å². The third kappa shape index (κ3) is 1.31. The van der Waals surface area contributed by atoms with Gasteiger partial charge in [0.15, 0.2) is 16.4 Å². The Balaban J connectivity index is 3.22. The SMILES string of the molecule is CC(=O)c1csc(C(=O)O)c1O. The molecule has 0 unspecified atom stereocenters. The normalized spacial score (nSPS) is 9.75. The van der Waals surface area contributed by atoms with E-state index in [0.29, 0.717) is 0 Å². The van der Waals surface area contributed by atoms with Gasteiger partial charge in [0.25, 0.3) is 0 Å². The molecule has 1 aromatic heterocycles. The van der Waals surface area contributed by atoms with E-state index < -0.39 is 11.7 Å². The van der Waals surface area contributed by atoms with Gasteiger partial charge in [0.2, 0.25) is 0 Å². The van der Waals surface area contributed by atoms with Gasteiger partial charge < -0.3 is 10.2 Å². The Morgan fingerprint density at radius 2 is 2.08 bits per heavy atom. The fraction of sp³-hybridized carbons (Fsp3) is 0.143. The van der Waals surface area contributed by atoms with E-state index in [-0.39, 0.29) is 16.2 Å². The van der Waals surface area contributed by atoms with Gasteiger partial charge in [-0.1, -0.05) is 0 Å². The molecule has 1 rings (SSSR count). The lowest BCUT2D eigenvalue weighted by molar-refractivity contribution is 0.0699. The Bertz CT molecular complexity index is 308. The fourth-order valence-corrected chi connectivity index (χ4v) is 1.59. The largest absolute Gasteiger partial charge is 0.505 e. The topological polar surface area (TPSA) is 74.6 Å². The highest BCUT2D eigenvalue weighted by atomic mass is 32.1. The summed E-state index contributed by atoms with van der Waals surface area (Å²) in [6.45, 7) is 1.27. The predicted octanol–water partition coefficient (Wildman–Crippen LogP) is 1.35. The van der Waals surface area contributed by atoms with Gasteiger partial charge in [-0.2, -0.15) is 0 Å². The Morgan fingerprint density at radius 1 is 1.50 bits per heavy atom. The second-order valence-electron chi connectivity index (χ2n) is 2.19. The van der Waals surface area contributed by atoms with Crippen LogP contribution in [0.3, 0.4) is 0 Å². The molecule has 0 saturated carbocycles. The Labute approximate surface area is 72.1 Å². The van der Waals surface area contributed by atoms with Gasteiger partial charge in [0, 0.05) is 5.38 Å². The number of rotatable bonds is 2. The third-order valence-corrected chi connectivity index (χ3v) is 2.30. The molecule has 2 N–H and O–H groups in total. The summed E-state index contributed by atoms with van der Waals surface area (Å²) in [6.07, 6.45) is 0. The smallest absolute Gasteiger partial charge is 0.349 e. The van der Waals surface area contributed by atoms with Crippen LogP contribution in [0.15, 0.2) is 5.38 Å². The van der Waals surface area contributed by atoms with Crippen LogP contribution in [0.2, 0.25) is 0 Å². The summed E-state index contributed by atoms with van der Waals surface area (Å²) < 4.78 is 0. The molecule has 0 aliphatic carbocycles. The summed E-state index contributed by atoms with van der Waals surface area (Å²) in [7, 11) is 0. The van der Waals surface area contributed by atoms with Crippen LogP contribution < -0.4 is 0 Å². The molecule has 0 aliphatic rings. The number of aromatic hydroxyl groups is 1. The maximum Gasteiger partial charge on any atom is 0.349 e. The molecule has 4 nitrogen and oxygen atoms in total. The van der Waals surface area contributed by atoms with Gasteiger partial charge in [0.1, 0.15) is 0 Å². The Morgan fingerprint density at radius 3 is 2.33 bits per heavy atom. The van der Waals surface area contributed by atoms with Crippen molar-refractivity contribution in [2.45, 2.75) is 6.92 Å². The first kappa shape index (κ1) is 8.73. The van der Waals surface area contributed by atoms with Crippen molar-refractivity contribution in [2.24, 2.45) is 0 Å². The molecule has 0 aromatic carbocycles. The molecule has 0 saturated heterocycles. The number of carbonyl (C=O) groups is 2. The van der Waals surface area contributed by atoms with Crippen LogP contribution in [0.5, 0.6) is 5.75 Å². The minimum Gasteiger partial charge on any atom is -0.505 e. The number of hydrogen-bond donors (Lipinski definition) is 2. The molecule has 5 heteroatoms. The molecule has 0 bridgehead atoms. The number of carbonyl (C=O) groups excluding carboxylic acids is 1. The lowest BCUT2D eigenvalue weighted by Crippen LogP contribution is -1.94. The first-order valence-electron chi connectivity index (χ1n) is 3.08. The van der Waals surface area contributed by atoms with E-state index in [1.54, 1.807) is 0 Å². The van der Waals surface area contributed by atoms with E-state index in [0.717, 1.165) is 11.3 Å². The van der Waals surface area contributed by atoms with E-state index >= 15 is 0 Å². The van der Waals surface area contributed by atoms with Crippen molar-refractivity contribution in [1.82, 2.24) is 0 Å². The molecule has 0 spiro atoms. The molecule has 0 aliphatic heterocycles. The van der Waals surface area contributed by atoms with Crippen molar-refractivity contribution in [2.75, 3.05) is 0 Å². The number of hydrogen-bond acceptors (Lipinski definition) is 4. The van der Waals surface area contributed by atoms with Crippen molar-refractivity contribution in [3.05, 3.63) is 15.8 Å². The van der Waals surface area contributed by atoms with E-state index in [9.17, 15) is 14.7 Å². The van der Waals surface area contributed by atoms with Crippen molar-refractivity contribution in [3.8, 4) is 5.75 Å². The Hall–Kier alpha value is -1.36. The lowest BCUT2D eigenvalue weighted by atomic mass is 10.2. The molecular weight excluding hydrogens is 180 g/mol. The second-order valence-corrected chi connectivity index (χ2v) is 3.07. The first-order chi connectivity index (χ1) is 5.54. The van der Waals surface area contributed by atoms with Crippen LogP contribution in [0, 0.1) is 0 Å². The van der Waals surface area contributed by atoms with Gasteiger partial charge in [-0.25, -0.2) is 4.79 Å². The predicted molar refractivity (Wildman–Crippen MR) is 42.9 cm³/mol. The fourth-order valence-electron chi connectivity index (χ4n) is 0.753. The highest BCUT2D eigenvalue weighted by Gasteiger charge is 2.18. The van der Waals surface area contributed by atoms with E-state index in [1.807, 2.05) is 0 Å². The summed E-state index contributed by atoms with van der Waals surface area (Å²) >= 11 is 0.842. The quantitative estimate of drug-likeness (QED) is 0.684. The van der Waals surface area contributed by atoms with Crippen molar-refractivity contribution >= 4 is 23.1 Å². The molecule has 0 fully saturated rings. The number of carboxylic acid groups (broad SMARTS) is 1. The number of Topliss-reactive ketones (excluding diaryl/α,β-unsaturated/α-hetero) is 1. The van der Waals surface area contributed by atoms with E-state index in [1.165, 1.54) is 12.3 Å². The monoisotopic (exact) mass is 186 g/mol. The summed E-state index contributed by atoms with van der Waals surface area (Å²) in [6, 6.07) is 0. The maximum absolute atomic E-state index is 10.8. The van der Waals surface area contributed by atoms with Crippen LogP contribution >= 0.6 is 11.3 Å².